The van der Waals surface area contributed by atoms with Gasteiger partial charge in [0, 0.05) is 21.2 Å². The van der Waals surface area contributed by atoms with Crippen LogP contribution in [0, 0.1) is 11.8 Å². The second-order valence-electron chi connectivity index (χ2n) is 5.55. The summed E-state index contributed by atoms with van der Waals surface area (Å²) in [6, 6.07) is 8.88. The van der Waals surface area contributed by atoms with E-state index in [4.69, 9.17) is 5.73 Å². The predicted octanol–water partition coefficient (Wildman–Crippen LogP) is 5.08. The topological polar surface area (TPSA) is 26.0 Å². The van der Waals surface area contributed by atoms with E-state index in [1.807, 2.05) is 11.8 Å². The molecule has 0 radical (unpaired) electrons. The van der Waals surface area contributed by atoms with Gasteiger partial charge < -0.3 is 5.73 Å². The molecular weight excluding hydrogens is 318 g/mol. The normalized spacial score (nSPS) is 25.2. The Kier molecular flexibility index (Phi) is 6.24. The lowest BCUT2D eigenvalue weighted by atomic mass is 9.75. The maximum atomic E-state index is 6.46. The van der Waals surface area contributed by atoms with E-state index in [0.29, 0.717) is 6.04 Å². The molecule has 0 spiro atoms. The van der Waals surface area contributed by atoms with Gasteiger partial charge in [-0.2, -0.15) is 0 Å². The van der Waals surface area contributed by atoms with Crippen LogP contribution in [0.1, 0.15) is 39.0 Å². The Morgan fingerprint density at radius 1 is 1.26 bits per heavy atom. The van der Waals surface area contributed by atoms with Gasteiger partial charge in [-0.3, -0.25) is 0 Å². The summed E-state index contributed by atoms with van der Waals surface area (Å²) in [7, 11) is 0. The molecule has 2 N–H and O–H groups in total. The number of benzene rings is 1. The Bertz CT molecular complexity index is 379. The Labute approximate surface area is 129 Å². The minimum Gasteiger partial charge on any atom is -0.327 e. The van der Waals surface area contributed by atoms with Crippen molar-refractivity contribution in [3.63, 3.8) is 0 Å². The first kappa shape index (κ1) is 15.4. The number of halogens is 1. The SMILES string of the molecule is CCC1CCCCC1C(N)CSc1ccc(Br)cc1. The minimum absolute atomic E-state index is 0.346. The van der Waals surface area contributed by atoms with Gasteiger partial charge in [0.1, 0.15) is 0 Å². The molecule has 3 heteroatoms. The molecule has 0 heterocycles. The highest BCUT2D eigenvalue weighted by molar-refractivity contribution is 9.10. The molecule has 1 saturated carbocycles. The van der Waals surface area contributed by atoms with Gasteiger partial charge in [0.15, 0.2) is 0 Å². The van der Waals surface area contributed by atoms with Crippen molar-refractivity contribution in [3.05, 3.63) is 28.7 Å². The van der Waals surface area contributed by atoms with Crippen molar-refractivity contribution in [2.75, 3.05) is 5.75 Å². The van der Waals surface area contributed by atoms with E-state index in [9.17, 15) is 0 Å². The molecule has 19 heavy (non-hydrogen) atoms. The zero-order valence-corrected chi connectivity index (χ0v) is 14.1. The molecule has 1 aromatic rings. The molecule has 1 nitrogen and oxygen atoms in total. The molecule has 106 valence electrons. The maximum absolute atomic E-state index is 6.46. The Morgan fingerprint density at radius 2 is 1.95 bits per heavy atom. The number of thioether (sulfide) groups is 1. The van der Waals surface area contributed by atoms with Crippen molar-refractivity contribution in [2.45, 2.75) is 50.0 Å². The smallest absolute Gasteiger partial charge is 0.0176 e. The van der Waals surface area contributed by atoms with Crippen LogP contribution in [0.3, 0.4) is 0 Å². The Hall–Kier alpha value is 0.01000. The molecule has 0 saturated heterocycles. The number of rotatable bonds is 5. The molecule has 3 atom stereocenters. The molecule has 1 aliphatic rings. The first-order valence-corrected chi connectivity index (χ1v) is 9.12. The molecule has 0 aliphatic heterocycles. The highest BCUT2D eigenvalue weighted by Gasteiger charge is 2.28. The summed E-state index contributed by atoms with van der Waals surface area (Å²) < 4.78 is 1.14. The summed E-state index contributed by atoms with van der Waals surface area (Å²) in [5, 5.41) is 0. The van der Waals surface area contributed by atoms with E-state index in [0.717, 1.165) is 22.1 Å². The lowest BCUT2D eigenvalue weighted by molar-refractivity contribution is 0.205. The summed E-state index contributed by atoms with van der Waals surface area (Å²) >= 11 is 5.37. The van der Waals surface area contributed by atoms with Crippen molar-refractivity contribution in [3.8, 4) is 0 Å². The molecule has 0 aromatic heterocycles. The third-order valence-corrected chi connectivity index (χ3v) is 5.98. The van der Waals surface area contributed by atoms with Gasteiger partial charge in [0.2, 0.25) is 0 Å². The molecule has 1 fully saturated rings. The monoisotopic (exact) mass is 341 g/mol. The summed E-state index contributed by atoms with van der Waals surface area (Å²) in [6.07, 6.45) is 6.79. The van der Waals surface area contributed by atoms with E-state index in [1.54, 1.807) is 0 Å². The molecular formula is C16H24BrNS. The fourth-order valence-electron chi connectivity index (χ4n) is 3.15. The van der Waals surface area contributed by atoms with Crippen LogP contribution in [0.15, 0.2) is 33.6 Å². The van der Waals surface area contributed by atoms with Crippen molar-refractivity contribution in [2.24, 2.45) is 17.6 Å². The summed E-state index contributed by atoms with van der Waals surface area (Å²) in [6.45, 7) is 2.32. The molecule has 0 bridgehead atoms. The molecule has 0 amide bonds. The van der Waals surface area contributed by atoms with Crippen molar-refractivity contribution < 1.29 is 0 Å². The van der Waals surface area contributed by atoms with Crippen LogP contribution in [0.5, 0.6) is 0 Å². The van der Waals surface area contributed by atoms with Gasteiger partial charge in [0.25, 0.3) is 0 Å². The average Bonchev–Trinajstić information content (AvgIpc) is 2.46. The highest BCUT2D eigenvalue weighted by atomic mass is 79.9. The lowest BCUT2D eigenvalue weighted by Crippen LogP contribution is -2.38. The number of nitrogens with two attached hydrogens (primary N) is 1. The zero-order chi connectivity index (χ0) is 13.7. The third kappa shape index (κ3) is 4.51. The van der Waals surface area contributed by atoms with Gasteiger partial charge in [0.05, 0.1) is 0 Å². The minimum atomic E-state index is 0.346. The van der Waals surface area contributed by atoms with Crippen molar-refractivity contribution in [1.29, 1.82) is 0 Å². The quantitative estimate of drug-likeness (QED) is 0.755. The van der Waals surface area contributed by atoms with E-state index < -0.39 is 0 Å². The predicted molar refractivity (Wildman–Crippen MR) is 88.6 cm³/mol. The second kappa shape index (κ2) is 7.70. The van der Waals surface area contributed by atoms with Crippen LogP contribution >= 0.6 is 27.7 Å². The van der Waals surface area contributed by atoms with Crippen LogP contribution in [-0.2, 0) is 0 Å². The highest BCUT2D eigenvalue weighted by Crippen LogP contribution is 2.35. The van der Waals surface area contributed by atoms with E-state index >= 15 is 0 Å². The number of hydrogen-bond donors (Lipinski definition) is 1. The van der Waals surface area contributed by atoms with Gasteiger partial charge in [-0.1, -0.05) is 48.5 Å². The van der Waals surface area contributed by atoms with Crippen molar-refractivity contribution in [1.82, 2.24) is 0 Å². The Balaban J connectivity index is 1.85. The molecule has 1 aromatic carbocycles. The average molecular weight is 342 g/mol. The molecule has 2 rings (SSSR count). The van der Waals surface area contributed by atoms with Crippen LogP contribution in [0.25, 0.3) is 0 Å². The lowest BCUT2D eigenvalue weighted by Gasteiger charge is -2.35. The maximum Gasteiger partial charge on any atom is 0.0176 e. The fourth-order valence-corrected chi connectivity index (χ4v) is 4.38. The van der Waals surface area contributed by atoms with Gasteiger partial charge in [-0.25, -0.2) is 0 Å². The number of hydrogen-bond acceptors (Lipinski definition) is 2. The van der Waals surface area contributed by atoms with Crippen molar-refractivity contribution >= 4 is 27.7 Å². The summed E-state index contributed by atoms with van der Waals surface area (Å²) in [4.78, 5) is 1.32. The van der Waals surface area contributed by atoms with E-state index in [-0.39, 0.29) is 0 Å². The third-order valence-electron chi connectivity index (χ3n) is 4.30. The van der Waals surface area contributed by atoms with Crippen LogP contribution in [-0.4, -0.2) is 11.8 Å². The standard InChI is InChI=1S/C16H24BrNS/c1-2-12-5-3-4-6-15(12)16(18)11-19-14-9-7-13(17)8-10-14/h7-10,12,15-16H,2-6,11,18H2,1H3. The summed E-state index contributed by atoms with van der Waals surface area (Å²) in [5.41, 5.74) is 6.46. The van der Waals surface area contributed by atoms with Gasteiger partial charge in [-0.05, 0) is 42.5 Å². The zero-order valence-electron chi connectivity index (χ0n) is 11.6. The first-order chi connectivity index (χ1) is 9.20. The van der Waals surface area contributed by atoms with Gasteiger partial charge >= 0.3 is 0 Å². The first-order valence-electron chi connectivity index (χ1n) is 7.34. The molecule has 3 unspecified atom stereocenters. The largest absolute Gasteiger partial charge is 0.327 e. The molecule has 1 aliphatic carbocycles. The van der Waals surface area contributed by atoms with Crippen LogP contribution < -0.4 is 5.73 Å². The van der Waals surface area contributed by atoms with Crippen LogP contribution in [0.2, 0.25) is 0 Å². The van der Waals surface area contributed by atoms with Crippen LogP contribution in [0.4, 0.5) is 0 Å². The van der Waals surface area contributed by atoms with Gasteiger partial charge in [-0.15, -0.1) is 11.8 Å². The summed E-state index contributed by atoms with van der Waals surface area (Å²) in [5.74, 6) is 2.64. The van der Waals surface area contributed by atoms with E-state index in [2.05, 4.69) is 47.1 Å². The second-order valence-corrected chi connectivity index (χ2v) is 7.55. The van der Waals surface area contributed by atoms with E-state index in [1.165, 1.54) is 37.0 Å². The fraction of sp³-hybridized carbons (Fsp3) is 0.625. The Morgan fingerprint density at radius 3 is 2.63 bits per heavy atom.